The van der Waals surface area contributed by atoms with Crippen molar-refractivity contribution in [3.8, 4) is 5.75 Å². The summed E-state index contributed by atoms with van der Waals surface area (Å²) in [4.78, 5) is 11.8. The summed E-state index contributed by atoms with van der Waals surface area (Å²) in [5.74, 6) is -0.182. The lowest BCUT2D eigenvalue weighted by atomic mass is 10.2. The predicted octanol–water partition coefficient (Wildman–Crippen LogP) is 2.29. The van der Waals surface area contributed by atoms with E-state index in [-0.39, 0.29) is 16.5 Å². The van der Waals surface area contributed by atoms with E-state index in [0.29, 0.717) is 23.2 Å². The standard InChI is InChI=1S/C11H13Br2NO3/c1-17-6-8(12)5-14-11(16)7-2-3-9(13)10(15)4-7/h2-4,8,15H,5-6H2,1H3,(H,14,16). The second-order valence-electron chi connectivity index (χ2n) is 3.43. The Kier molecular flexibility index (Phi) is 5.94. The molecule has 1 amide bonds. The van der Waals surface area contributed by atoms with Gasteiger partial charge in [0.15, 0.2) is 0 Å². The highest BCUT2D eigenvalue weighted by Crippen LogP contribution is 2.24. The van der Waals surface area contributed by atoms with E-state index < -0.39 is 0 Å². The Morgan fingerprint density at radius 2 is 2.29 bits per heavy atom. The fourth-order valence-electron chi connectivity index (χ4n) is 1.20. The van der Waals surface area contributed by atoms with Gasteiger partial charge >= 0.3 is 0 Å². The van der Waals surface area contributed by atoms with Crippen LogP contribution in [0, 0.1) is 0 Å². The molecule has 0 radical (unpaired) electrons. The van der Waals surface area contributed by atoms with Crippen LogP contribution in [-0.4, -0.2) is 36.1 Å². The lowest BCUT2D eigenvalue weighted by Gasteiger charge is -2.10. The van der Waals surface area contributed by atoms with E-state index in [9.17, 15) is 9.90 Å². The third kappa shape index (κ3) is 4.65. The molecule has 4 nitrogen and oxygen atoms in total. The number of phenolic OH excluding ortho intramolecular Hbond substituents is 1. The van der Waals surface area contributed by atoms with Gasteiger partial charge in [0.25, 0.3) is 5.91 Å². The molecule has 0 bridgehead atoms. The average molecular weight is 367 g/mol. The molecule has 1 aromatic carbocycles. The Bertz CT molecular complexity index is 398. The molecule has 1 unspecified atom stereocenters. The van der Waals surface area contributed by atoms with Crippen LogP contribution in [0.5, 0.6) is 5.75 Å². The monoisotopic (exact) mass is 365 g/mol. The highest BCUT2D eigenvalue weighted by atomic mass is 79.9. The molecule has 0 fully saturated rings. The third-order valence-electron chi connectivity index (χ3n) is 2.04. The summed E-state index contributed by atoms with van der Waals surface area (Å²) < 4.78 is 5.49. The van der Waals surface area contributed by atoms with E-state index in [1.165, 1.54) is 6.07 Å². The summed E-state index contributed by atoms with van der Waals surface area (Å²) in [6, 6.07) is 4.68. The molecule has 2 N–H and O–H groups in total. The van der Waals surface area contributed by atoms with E-state index in [1.54, 1.807) is 19.2 Å². The fraction of sp³-hybridized carbons (Fsp3) is 0.364. The second-order valence-corrected chi connectivity index (χ2v) is 5.58. The van der Waals surface area contributed by atoms with Crippen LogP contribution in [0.1, 0.15) is 10.4 Å². The Labute approximate surface area is 117 Å². The molecule has 0 spiro atoms. The van der Waals surface area contributed by atoms with Gasteiger partial charge in [-0.3, -0.25) is 4.79 Å². The largest absolute Gasteiger partial charge is 0.507 e. The maximum atomic E-state index is 11.7. The van der Waals surface area contributed by atoms with Gasteiger partial charge in [0.05, 0.1) is 15.9 Å². The summed E-state index contributed by atoms with van der Waals surface area (Å²) >= 11 is 6.52. The maximum absolute atomic E-state index is 11.7. The van der Waals surface area contributed by atoms with E-state index in [2.05, 4.69) is 37.2 Å². The lowest BCUT2D eigenvalue weighted by molar-refractivity contribution is 0.0949. The smallest absolute Gasteiger partial charge is 0.251 e. The van der Waals surface area contributed by atoms with Gasteiger partial charge in [-0.05, 0) is 34.1 Å². The maximum Gasteiger partial charge on any atom is 0.251 e. The summed E-state index contributed by atoms with van der Waals surface area (Å²) in [6.07, 6.45) is 0. The summed E-state index contributed by atoms with van der Waals surface area (Å²) in [5.41, 5.74) is 0.419. The minimum atomic E-state index is -0.228. The number of phenols is 1. The van der Waals surface area contributed by atoms with Crippen molar-refractivity contribution >= 4 is 37.8 Å². The predicted molar refractivity (Wildman–Crippen MR) is 72.7 cm³/mol. The van der Waals surface area contributed by atoms with Crippen molar-refractivity contribution in [1.29, 1.82) is 0 Å². The summed E-state index contributed by atoms with van der Waals surface area (Å²) in [7, 11) is 1.60. The Balaban J connectivity index is 2.55. The molecule has 6 heteroatoms. The molecule has 94 valence electrons. The van der Waals surface area contributed by atoms with Crippen molar-refractivity contribution in [2.24, 2.45) is 0 Å². The average Bonchev–Trinajstić information content (AvgIpc) is 2.30. The topological polar surface area (TPSA) is 58.6 Å². The zero-order chi connectivity index (χ0) is 12.8. The number of aromatic hydroxyl groups is 1. The Morgan fingerprint density at radius 1 is 1.59 bits per heavy atom. The number of ether oxygens (including phenoxy) is 1. The van der Waals surface area contributed by atoms with Gasteiger partial charge in [0, 0.05) is 19.2 Å². The van der Waals surface area contributed by atoms with Crippen molar-refractivity contribution in [1.82, 2.24) is 5.32 Å². The lowest BCUT2D eigenvalue weighted by Crippen LogP contribution is -2.31. The number of hydrogen-bond acceptors (Lipinski definition) is 3. The number of methoxy groups -OCH3 is 1. The second kappa shape index (κ2) is 6.98. The number of amides is 1. The van der Waals surface area contributed by atoms with Crippen LogP contribution in [0.4, 0.5) is 0 Å². The van der Waals surface area contributed by atoms with Crippen LogP contribution in [0.15, 0.2) is 22.7 Å². The van der Waals surface area contributed by atoms with Crippen molar-refractivity contribution in [3.63, 3.8) is 0 Å². The van der Waals surface area contributed by atoms with Crippen molar-refractivity contribution in [3.05, 3.63) is 28.2 Å². The van der Waals surface area contributed by atoms with Crippen molar-refractivity contribution < 1.29 is 14.6 Å². The minimum Gasteiger partial charge on any atom is -0.507 e. The first-order valence-electron chi connectivity index (χ1n) is 4.94. The zero-order valence-corrected chi connectivity index (χ0v) is 12.4. The van der Waals surface area contributed by atoms with Gasteiger partial charge in [-0.1, -0.05) is 15.9 Å². The third-order valence-corrected chi connectivity index (χ3v) is 3.30. The van der Waals surface area contributed by atoms with Gasteiger partial charge < -0.3 is 15.2 Å². The molecule has 1 aromatic rings. The fourth-order valence-corrected chi connectivity index (χ4v) is 1.87. The molecule has 0 saturated carbocycles. The summed E-state index contributed by atoms with van der Waals surface area (Å²) in [6.45, 7) is 0.982. The number of nitrogens with one attached hydrogen (secondary N) is 1. The van der Waals surface area contributed by atoms with Gasteiger partial charge in [-0.15, -0.1) is 0 Å². The van der Waals surface area contributed by atoms with E-state index in [1.807, 2.05) is 0 Å². The molecule has 0 aliphatic heterocycles. The first-order valence-corrected chi connectivity index (χ1v) is 6.65. The van der Waals surface area contributed by atoms with Gasteiger partial charge in [0.1, 0.15) is 5.75 Å². The molecule has 0 saturated heterocycles. The summed E-state index contributed by atoms with van der Waals surface area (Å²) in [5, 5.41) is 12.2. The zero-order valence-electron chi connectivity index (χ0n) is 9.24. The molecule has 1 rings (SSSR count). The van der Waals surface area contributed by atoms with Crippen LogP contribution < -0.4 is 5.32 Å². The first-order chi connectivity index (χ1) is 8.04. The normalized spacial score (nSPS) is 12.2. The van der Waals surface area contributed by atoms with E-state index in [4.69, 9.17) is 4.74 Å². The molecule has 0 aliphatic rings. The quantitative estimate of drug-likeness (QED) is 0.786. The van der Waals surface area contributed by atoms with Gasteiger partial charge in [-0.25, -0.2) is 0 Å². The van der Waals surface area contributed by atoms with Crippen LogP contribution in [0.3, 0.4) is 0 Å². The van der Waals surface area contributed by atoms with Crippen LogP contribution in [0.2, 0.25) is 0 Å². The molecular formula is C11H13Br2NO3. The highest BCUT2D eigenvalue weighted by Gasteiger charge is 2.10. The number of carbonyl (C=O) groups is 1. The molecule has 1 atom stereocenters. The van der Waals surface area contributed by atoms with E-state index in [0.717, 1.165) is 0 Å². The highest BCUT2D eigenvalue weighted by molar-refractivity contribution is 9.10. The number of hydrogen-bond donors (Lipinski definition) is 2. The van der Waals surface area contributed by atoms with Crippen molar-refractivity contribution in [2.45, 2.75) is 4.83 Å². The number of rotatable bonds is 5. The number of alkyl halides is 1. The van der Waals surface area contributed by atoms with Gasteiger partial charge in [0.2, 0.25) is 0 Å². The number of halogens is 2. The van der Waals surface area contributed by atoms with E-state index >= 15 is 0 Å². The molecule has 0 aromatic heterocycles. The Morgan fingerprint density at radius 3 is 2.88 bits per heavy atom. The first kappa shape index (κ1) is 14.5. The number of carbonyl (C=O) groups excluding carboxylic acids is 1. The van der Waals surface area contributed by atoms with Gasteiger partial charge in [-0.2, -0.15) is 0 Å². The molecule has 0 aliphatic carbocycles. The van der Waals surface area contributed by atoms with Crippen LogP contribution >= 0.6 is 31.9 Å². The Hall–Kier alpha value is -0.590. The molecular weight excluding hydrogens is 354 g/mol. The molecule has 17 heavy (non-hydrogen) atoms. The number of benzene rings is 1. The van der Waals surface area contributed by atoms with Crippen LogP contribution in [-0.2, 0) is 4.74 Å². The van der Waals surface area contributed by atoms with Crippen molar-refractivity contribution in [2.75, 3.05) is 20.3 Å². The van der Waals surface area contributed by atoms with Crippen LogP contribution in [0.25, 0.3) is 0 Å². The SMILES string of the molecule is COCC(Br)CNC(=O)c1ccc(Br)c(O)c1. The molecule has 0 heterocycles. The minimum absolute atomic E-state index is 0.0462.